The molecule has 0 bridgehead atoms. The van der Waals surface area contributed by atoms with Crippen LogP contribution < -0.4 is 10.2 Å². The minimum absolute atomic E-state index is 0.0211. The average molecular weight is 363 g/mol. The number of carbonyl (C=O) groups excluding carboxylic acids is 1. The van der Waals surface area contributed by atoms with Gasteiger partial charge in [-0.25, -0.2) is 5.43 Å². The Kier molecular flexibility index (Phi) is 5.55. The van der Waals surface area contributed by atoms with E-state index in [1.165, 1.54) is 13.3 Å². The van der Waals surface area contributed by atoms with Crippen LogP contribution in [0.4, 0.5) is 0 Å². The largest absolute Gasteiger partial charge is 0.503 e. The second-order valence-corrected chi connectivity index (χ2v) is 5.36. The Labute approximate surface area is 136 Å². The Morgan fingerprint density at radius 1 is 1.36 bits per heavy atom. The summed E-state index contributed by atoms with van der Waals surface area (Å²) in [5.41, 5.74) is 4.07. The predicted molar refractivity (Wildman–Crippen MR) is 88.2 cm³/mol. The van der Waals surface area contributed by atoms with Crippen LogP contribution >= 0.6 is 15.9 Å². The van der Waals surface area contributed by atoms with E-state index >= 15 is 0 Å². The molecule has 0 spiro atoms. The van der Waals surface area contributed by atoms with Crippen LogP contribution in [0.2, 0.25) is 0 Å². The normalized spacial score (nSPS) is 10.6. The molecule has 0 fully saturated rings. The maximum absolute atomic E-state index is 11.7. The molecule has 0 atom stereocenters. The Hall–Kier alpha value is -2.34. The number of phenols is 1. The third-order valence-corrected chi connectivity index (χ3v) is 3.49. The number of hydrogen-bond acceptors (Lipinski definition) is 4. The highest BCUT2D eigenvalue weighted by molar-refractivity contribution is 9.10. The van der Waals surface area contributed by atoms with E-state index < -0.39 is 0 Å². The van der Waals surface area contributed by atoms with Gasteiger partial charge in [0.1, 0.15) is 0 Å². The minimum atomic E-state index is -0.202. The molecule has 2 rings (SSSR count). The number of aromatic hydroxyl groups is 1. The first kappa shape index (κ1) is 16.0. The molecule has 6 heteroatoms. The minimum Gasteiger partial charge on any atom is -0.503 e. The molecule has 0 radical (unpaired) electrons. The summed E-state index contributed by atoms with van der Waals surface area (Å²) >= 11 is 3.22. The van der Waals surface area contributed by atoms with Gasteiger partial charge in [-0.2, -0.15) is 5.10 Å². The van der Waals surface area contributed by atoms with Crippen molar-refractivity contribution in [3.8, 4) is 11.5 Å². The Bertz CT molecular complexity index is 687. The second kappa shape index (κ2) is 7.61. The first-order valence-electron chi connectivity index (χ1n) is 6.52. The zero-order valence-electron chi connectivity index (χ0n) is 11.9. The maximum Gasteiger partial charge on any atom is 0.244 e. The third-order valence-electron chi connectivity index (χ3n) is 2.88. The molecule has 0 aromatic heterocycles. The van der Waals surface area contributed by atoms with Gasteiger partial charge in [0.2, 0.25) is 5.91 Å². The zero-order valence-corrected chi connectivity index (χ0v) is 13.5. The highest BCUT2D eigenvalue weighted by Crippen LogP contribution is 2.34. The molecule has 2 aromatic carbocycles. The molecule has 1 amide bonds. The van der Waals surface area contributed by atoms with Gasteiger partial charge in [0.15, 0.2) is 11.5 Å². The summed E-state index contributed by atoms with van der Waals surface area (Å²) in [7, 11) is 1.46. The Balaban J connectivity index is 1.98. The smallest absolute Gasteiger partial charge is 0.244 e. The molecule has 5 nitrogen and oxygen atoms in total. The molecule has 0 heterocycles. The SMILES string of the molecule is COc1cc(/C=N/NC(=O)Cc2ccccc2)cc(Br)c1O. The summed E-state index contributed by atoms with van der Waals surface area (Å²) in [6, 6.07) is 12.7. The summed E-state index contributed by atoms with van der Waals surface area (Å²) in [5.74, 6) is 0.145. The van der Waals surface area contributed by atoms with Crippen LogP contribution in [0.25, 0.3) is 0 Å². The summed E-state index contributed by atoms with van der Waals surface area (Å²) < 4.78 is 5.53. The van der Waals surface area contributed by atoms with Crippen LogP contribution in [0.5, 0.6) is 11.5 Å². The van der Waals surface area contributed by atoms with Gasteiger partial charge in [-0.05, 0) is 39.2 Å². The van der Waals surface area contributed by atoms with Crippen molar-refractivity contribution in [2.75, 3.05) is 7.11 Å². The number of amides is 1. The molecule has 0 saturated heterocycles. The molecule has 2 aromatic rings. The predicted octanol–water partition coefficient (Wildman–Crippen LogP) is 2.86. The van der Waals surface area contributed by atoms with E-state index in [1.807, 2.05) is 30.3 Å². The summed E-state index contributed by atoms with van der Waals surface area (Å²) in [5, 5.41) is 13.6. The van der Waals surface area contributed by atoms with Gasteiger partial charge in [-0.1, -0.05) is 30.3 Å². The second-order valence-electron chi connectivity index (χ2n) is 4.51. The van der Waals surface area contributed by atoms with Gasteiger partial charge < -0.3 is 9.84 Å². The topological polar surface area (TPSA) is 70.9 Å². The molecule has 22 heavy (non-hydrogen) atoms. The fourth-order valence-corrected chi connectivity index (χ4v) is 2.28. The lowest BCUT2D eigenvalue weighted by Gasteiger charge is -2.06. The summed E-state index contributed by atoms with van der Waals surface area (Å²) in [4.78, 5) is 11.7. The molecule has 2 N–H and O–H groups in total. The number of benzene rings is 2. The highest BCUT2D eigenvalue weighted by atomic mass is 79.9. The van der Waals surface area contributed by atoms with Gasteiger partial charge in [0, 0.05) is 0 Å². The molecule has 0 aliphatic carbocycles. The van der Waals surface area contributed by atoms with Crippen LogP contribution in [0, 0.1) is 0 Å². The fourth-order valence-electron chi connectivity index (χ4n) is 1.82. The number of halogens is 1. The lowest BCUT2D eigenvalue weighted by atomic mass is 10.1. The summed E-state index contributed by atoms with van der Waals surface area (Å²) in [6.45, 7) is 0. The molecule has 0 saturated carbocycles. The van der Waals surface area contributed by atoms with E-state index in [4.69, 9.17) is 4.74 Å². The number of nitrogens with zero attached hydrogens (tertiary/aromatic N) is 1. The molecule has 0 aliphatic heterocycles. The van der Waals surface area contributed by atoms with Crippen LogP contribution in [-0.4, -0.2) is 24.3 Å². The number of phenolic OH excluding ortho intramolecular Hbond substituents is 1. The number of ether oxygens (including phenoxy) is 1. The van der Waals surface area contributed by atoms with E-state index in [-0.39, 0.29) is 18.1 Å². The van der Waals surface area contributed by atoms with Gasteiger partial charge in [-0.3, -0.25) is 4.79 Å². The quantitative estimate of drug-likeness (QED) is 0.634. The molecular formula is C16H15BrN2O3. The number of hydrazone groups is 1. The first-order chi connectivity index (χ1) is 10.6. The van der Waals surface area contributed by atoms with Crippen LogP contribution in [-0.2, 0) is 11.2 Å². The molecular weight excluding hydrogens is 348 g/mol. The van der Waals surface area contributed by atoms with Gasteiger partial charge >= 0.3 is 0 Å². The van der Waals surface area contributed by atoms with Gasteiger partial charge in [-0.15, -0.1) is 0 Å². The van der Waals surface area contributed by atoms with E-state index in [9.17, 15) is 9.90 Å². The van der Waals surface area contributed by atoms with Crippen molar-refractivity contribution in [1.29, 1.82) is 0 Å². The van der Waals surface area contributed by atoms with Crippen molar-refractivity contribution in [3.63, 3.8) is 0 Å². The van der Waals surface area contributed by atoms with E-state index in [1.54, 1.807) is 12.1 Å². The van der Waals surface area contributed by atoms with Crippen LogP contribution in [0.3, 0.4) is 0 Å². The van der Waals surface area contributed by atoms with Crippen molar-refractivity contribution < 1.29 is 14.6 Å². The van der Waals surface area contributed by atoms with E-state index in [0.717, 1.165) is 5.56 Å². The zero-order chi connectivity index (χ0) is 15.9. The molecule has 114 valence electrons. The number of nitrogens with one attached hydrogen (secondary N) is 1. The number of rotatable bonds is 5. The lowest BCUT2D eigenvalue weighted by Crippen LogP contribution is -2.19. The first-order valence-corrected chi connectivity index (χ1v) is 7.32. The van der Waals surface area contributed by atoms with E-state index in [2.05, 4.69) is 26.5 Å². The fraction of sp³-hybridized carbons (Fsp3) is 0.125. The standard InChI is InChI=1S/C16H15BrN2O3/c1-22-14-8-12(7-13(17)16(14)21)10-18-19-15(20)9-11-5-3-2-4-6-11/h2-8,10,21H,9H2,1H3,(H,19,20)/b18-10+. The number of carbonyl (C=O) groups is 1. The molecule has 0 aliphatic rings. The maximum atomic E-state index is 11.7. The molecule has 0 unspecified atom stereocenters. The van der Waals surface area contributed by atoms with Crippen molar-refractivity contribution in [2.24, 2.45) is 5.10 Å². The third kappa shape index (κ3) is 4.33. The van der Waals surface area contributed by atoms with E-state index in [0.29, 0.717) is 15.8 Å². The lowest BCUT2D eigenvalue weighted by molar-refractivity contribution is -0.120. The number of methoxy groups -OCH3 is 1. The summed E-state index contributed by atoms with van der Waals surface area (Å²) in [6.07, 6.45) is 1.75. The van der Waals surface area contributed by atoms with Crippen molar-refractivity contribution >= 4 is 28.1 Å². The monoisotopic (exact) mass is 362 g/mol. The van der Waals surface area contributed by atoms with Crippen molar-refractivity contribution in [1.82, 2.24) is 5.43 Å². The Morgan fingerprint density at radius 2 is 2.09 bits per heavy atom. The Morgan fingerprint density at radius 3 is 2.77 bits per heavy atom. The average Bonchev–Trinajstić information content (AvgIpc) is 2.51. The highest BCUT2D eigenvalue weighted by Gasteiger charge is 2.07. The van der Waals surface area contributed by atoms with Crippen LogP contribution in [0.1, 0.15) is 11.1 Å². The van der Waals surface area contributed by atoms with Gasteiger partial charge in [0.25, 0.3) is 0 Å². The van der Waals surface area contributed by atoms with Crippen molar-refractivity contribution in [2.45, 2.75) is 6.42 Å². The van der Waals surface area contributed by atoms with Crippen LogP contribution in [0.15, 0.2) is 52.0 Å². The van der Waals surface area contributed by atoms with Gasteiger partial charge in [0.05, 0.1) is 24.2 Å². The number of hydrogen-bond donors (Lipinski definition) is 2. The van der Waals surface area contributed by atoms with Crippen molar-refractivity contribution in [3.05, 3.63) is 58.1 Å².